The van der Waals surface area contributed by atoms with Gasteiger partial charge in [-0.15, -0.1) is 0 Å². The number of aliphatic hydroxyl groups excluding tert-OH is 1. The molecule has 2 N–H and O–H groups in total. The number of halogens is 2. The minimum absolute atomic E-state index is 0.00183. The van der Waals surface area contributed by atoms with Crippen LogP contribution in [0.15, 0.2) is 29.2 Å². The molecule has 9 nitrogen and oxygen atoms in total. The summed E-state index contributed by atoms with van der Waals surface area (Å²) in [5, 5.41) is 12.1. The lowest BCUT2D eigenvalue weighted by Gasteiger charge is -2.18. The van der Waals surface area contributed by atoms with Gasteiger partial charge < -0.3 is 29.2 Å². The second-order valence-corrected chi connectivity index (χ2v) is 6.01. The zero-order valence-electron chi connectivity index (χ0n) is 16.4. The topological polar surface area (TPSA) is 116 Å². The Balaban J connectivity index is 2.45. The molecule has 2 rings (SSSR count). The maximum Gasteiger partial charge on any atom is 0.358 e. The number of amides is 1. The Morgan fingerprint density at radius 3 is 2.50 bits per heavy atom. The predicted octanol–water partition coefficient (Wildman–Crippen LogP) is 0.816. The summed E-state index contributed by atoms with van der Waals surface area (Å²) in [6.07, 6.45) is -0.347. The third-order valence-corrected chi connectivity index (χ3v) is 4.15. The first-order chi connectivity index (χ1) is 14.2. The Bertz CT molecular complexity index is 1010. The van der Waals surface area contributed by atoms with E-state index in [0.717, 1.165) is 37.1 Å². The van der Waals surface area contributed by atoms with Gasteiger partial charge in [0, 0.05) is 31.5 Å². The van der Waals surface area contributed by atoms with Crippen molar-refractivity contribution in [2.45, 2.75) is 19.4 Å². The van der Waals surface area contributed by atoms with Gasteiger partial charge in [-0.2, -0.15) is 0 Å². The number of carbonyl (C=O) groups excluding carboxylic acids is 2. The van der Waals surface area contributed by atoms with Crippen LogP contribution >= 0.6 is 0 Å². The number of benzene rings is 1. The average Bonchev–Trinajstić information content (AvgIpc) is 2.72. The third-order valence-electron chi connectivity index (χ3n) is 4.15. The number of aromatic nitrogens is 1. The van der Waals surface area contributed by atoms with E-state index in [1.165, 1.54) is 7.11 Å². The summed E-state index contributed by atoms with van der Waals surface area (Å²) < 4.78 is 42.2. The average molecular weight is 426 g/mol. The van der Waals surface area contributed by atoms with E-state index < -0.39 is 46.5 Å². The summed E-state index contributed by atoms with van der Waals surface area (Å²) >= 11 is 0. The van der Waals surface area contributed by atoms with Gasteiger partial charge in [0.1, 0.15) is 17.2 Å². The zero-order chi connectivity index (χ0) is 22.4. The fourth-order valence-electron chi connectivity index (χ4n) is 2.62. The van der Waals surface area contributed by atoms with Crippen LogP contribution in [-0.4, -0.2) is 49.2 Å². The standard InChI is InChI=1S/C19H20F2N2O7/c1-28-14(24)9-23-8-12(16(25)17(29-2)15(23)19(27)30-3)18(26)22-7-10-4-5-11(20)6-13(10)21/h4-6,8,14,24H,7,9H2,1-3H3,(H,22,26). The molecule has 0 spiro atoms. The van der Waals surface area contributed by atoms with Crippen LogP contribution in [0.1, 0.15) is 26.4 Å². The molecule has 1 aromatic heterocycles. The van der Waals surface area contributed by atoms with Crippen molar-refractivity contribution < 1.29 is 37.7 Å². The highest BCUT2D eigenvalue weighted by molar-refractivity contribution is 5.96. The lowest BCUT2D eigenvalue weighted by Crippen LogP contribution is -2.33. The van der Waals surface area contributed by atoms with Crippen LogP contribution in [0.4, 0.5) is 8.78 Å². The van der Waals surface area contributed by atoms with E-state index in [2.05, 4.69) is 10.1 Å². The molecule has 0 saturated heterocycles. The molecule has 162 valence electrons. The Hall–Kier alpha value is -3.31. The van der Waals surface area contributed by atoms with Gasteiger partial charge in [0.05, 0.1) is 20.8 Å². The van der Waals surface area contributed by atoms with Crippen LogP contribution in [0.2, 0.25) is 0 Å². The monoisotopic (exact) mass is 426 g/mol. The molecule has 0 radical (unpaired) electrons. The molecule has 0 bridgehead atoms. The van der Waals surface area contributed by atoms with Crippen molar-refractivity contribution in [3.8, 4) is 5.75 Å². The van der Waals surface area contributed by atoms with E-state index in [4.69, 9.17) is 9.47 Å². The third kappa shape index (κ3) is 4.99. The van der Waals surface area contributed by atoms with E-state index in [1.807, 2.05) is 0 Å². The van der Waals surface area contributed by atoms with Crippen molar-refractivity contribution in [2.24, 2.45) is 0 Å². The van der Waals surface area contributed by atoms with E-state index in [-0.39, 0.29) is 24.3 Å². The highest BCUT2D eigenvalue weighted by Crippen LogP contribution is 2.17. The first kappa shape index (κ1) is 23.0. The predicted molar refractivity (Wildman–Crippen MR) is 99.1 cm³/mol. The fraction of sp³-hybridized carbons (Fsp3) is 0.316. The molecule has 1 aromatic carbocycles. The Morgan fingerprint density at radius 2 is 1.93 bits per heavy atom. The van der Waals surface area contributed by atoms with Crippen molar-refractivity contribution >= 4 is 11.9 Å². The number of ether oxygens (including phenoxy) is 3. The Labute approximate surface area is 169 Å². The number of nitrogens with zero attached hydrogens (tertiary/aromatic N) is 1. The van der Waals surface area contributed by atoms with Crippen LogP contribution in [0.25, 0.3) is 0 Å². The van der Waals surface area contributed by atoms with Gasteiger partial charge in [-0.1, -0.05) is 6.07 Å². The number of carbonyl (C=O) groups is 2. The van der Waals surface area contributed by atoms with Gasteiger partial charge in [-0.05, 0) is 6.07 Å². The molecule has 2 aromatic rings. The maximum absolute atomic E-state index is 13.8. The molecule has 30 heavy (non-hydrogen) atoms. The summed E-state index contributed by atoms with van der Waals surface area (Å²) in [5.41, 5.74) is -1.69. The summed E-state index contributed by atoms with van der Waals surface area (Å²) in [4.78, 5) is 37.4. The molecule has 0 aliphatic heterocycles. The first-order valence-corrected chi connectivity index (χ1v) is 8.56. The van der Waals surface area contributed by atoms with Gasteiger partial charge in [0.25, 0.3) is 5.91 Å². The minimum Gasteiger partial charge on any atom is -0.491 e. The number of rotatable bonds is 8. The number of pyridine rings is 1. The van der Waals surface area contributed by atoms with Gasteiger partial charge in [0.15, 0.2) is 17.7 Å². The van der Waals surface area contributed by atoms with Crippen molar-refractivity contribution in [3.63, 3.8) is 0 Å². The SMILES string of the molecule is COC(=O)c1c(OC)c(=O)c(C(=O)NCc2ccc(F)cc2F)cn1CC(O)OC. The van der Waals surface area contributed by atoms with E-state index in [0.29, 0.717) is 6.07 Å². The number of hydrogen-bond acceptors (Lipinski definition) is 7. The maximum atomic E-state index is 13.8. The van der Waals surface area contributed by atoms with Crippen LogP contribution in [0.3, 0.4) is 0 Å². The second kappa shape index (κ2) is 9.94. The van der Waals surface area contributed by atoms with Gasteiger partial charge in [-0.25, -0.2) is 13.6 Å². The molecule has 1 unspecified atom stereocenters. The molecule has 1 atom stereocenters. The number of hydrogen-bond donors (Lipinski definition) is 2. The van der Waals surface area contributed by atoms with Crippen molar-refractivity contribution in [3.05, 3.63) is 63.1 Å². The molecule has 0 saturated carbocycles. The summed E-state index contributed by atoms with van der Waals surface area (Å²) in [7, 11) is 3.42. The van der Waals surface area contributed by atoms with Crippen LogP contribution in [0.5, 0.6) is 5.75 Å². The minimum atomic E-state index is -1.37. The molecule has 1 heterocycles. The summed E-state index contributed by atoms with van der Waals surface area (Å²) in [5.74, 6) is -3.96. The second-order valence-electron chi connectivity index (χ2n) is 6.01. The summed E-state index contributed by atoms with van der Waals surface area (Å²) in [6, 6.07) is 2.84. The lowest BCUT2D eigenvalue weighted by atomic mass is 10.1. The molecular formula is C19H20F2N2O7. The summed E-state index contributed by atoms with van der Waals surface area (Å²) in [6.45, 7) is -0.656. The lowest BCUT2D eigenvalue weighted by molar-refractivity contribution is -0.0839. The van der Waals surface area contributed by atoms with Gasteiger partial charge in [-0.3, -0.25) is 9.59 Å². The van der Waals surface area contributed by atoms with E-state index in [9.17, 15) is 28.3 Å². The molecular weight excluding hydrogens is 406 g/mol. The number of esters is 1. The smallest absolute Gasteiger partial charge is 0.358 e. The zero-order valence-corrected chi connectivity index (χ0v) is 16.4. The number of aliphatic hydroxyl groups is 1. The molecule has 11 heteroatoms. The first-order valence-electron chi connectivity index (χ1n) is 8.56. The van der Waals surface area contributed by atoms with Crippen molar-refractivity contribution in [1.82, 2.24) is 9.88 Å². The van der Waals surface area contributed by atoms with Crippen LogP contribution in [-0.2, 0) is 22.6 Å². The number of methoxy groups -OCH3 is 3. The van der Waals surface area contributed by atoms with E-state index >= 15 is 0 Å². The molecule has 1 amide bonds. The number of nitrogens with one attached hydrogen (secondary N) is 1. The quantitative estimate of drug-likeness (QED) is 0.474. The van der Waals surface area contributed by atoms with Crippen molar-refractivity contribution in [2.75, 3.05) is 21.3 Å². The Morgan fingerprint density at radius 1 is 1.23 bits per heavy atom. The normalized spacial score (nSPS) is 11.7. The van der Waals surface area contributed by atoms with Crippen molar-refractivity contribution in [1.29, 1.82) is 0 Å². The Kier molecular flexibility index (Phi) is 7.61. The molecule has 0 aliphatic rings. The molecule has 0 aliphatic carbocycles. The van der Waals surface area contributed by atoms with Crippen LogP contribution < -0.4 is 15.5 Å². The van der Waals surface area contributed by atoms with E-state index in [1.54, 1.807) is 0 Å². The largest absolute Gasteiger partial charge is 0.491 e. The highest BCUT2D eigenvalue weighted by atomic mass is 19.1. The van der Waals surface area contributed by atoms with Gasteiger partial charge >= 0.3 is 5.97 Å². The molecule has 0 fully saturated rings. The van der Waals surface area contributed by atoms with Gasteiger partial charge in [0.2, 0.25) is 5.43 Å². The van der Waals surface area contributed by atoms with Crippen LogP contribution in [0, 0.1) is 11.6 Å². The highest BCUT2D eigenvalue weighted by Gasteiger charge is 2.26. The fourth-order valence-corrected chi connectivity index (χ4v) is 2.62.